The maximum Gasteiger partial charge on any atom is 0.180 e. The third-order valence-corrected chi connectivity index (χ3v) is 9.31. The summed E-state index contributed by atoms with van der Waals surface area (Å²) in [7, 11) is -3.51. The number of nitrogens with zero attached hydrogens (tertiary/aromatic N) is 2. The Bertz CT molecular complexity index is 1290. The van der Waals surface area contributed by atoms with E-state index >= 15 is 0 Å². The van der Waals surface area contributed by atoms with Crippen molar-refractivity contribution in [2.24, 2.45) is 11.3 Å². The number of hydrogen-bond donors (Lipinski definition) is 1. The van der Waals surface area contributed by atoms with E-state index < -0.39 is 15.9 Å². The zero-order valence-electron chi connectivity index (χ0n) is 19.1. The lowest BCUT2D eigenvalue weighted by Crippen LogP contribution is -2.33. The molecule has 2 aromatic carbocycles. The number of hydrogen-bond acceptors (Lipinski definition) is 4. The van der Waals surface area contributed by atoms with Crippen LogP contribution < -0.4 is 0 Å². The number of aryl methyl sites for hydroxylation is 1. The van der Waals surface area contributed by atoms with Gasteiger partial charge in [-0.15, -0.1) is 0 Å². The molecule has 5 nitrogen and oxygen atoms in total. The van der Waals surface area contributed by atoms with E-state index in [0.29, 0.717) is 6.42 Å². The summed E-state index contributed by atoms with van der Waals surface area (Å²) in [6.45, 7) is 4.34. The highest BCUT2D eigenvalue weighted by Gasteiger charge is 2.46. The average Bonchev–Trinajstić information content (AvgIpc) is 3.33. The van der Waals surface area contributed by atoms with Crippen molar-refractivity contribution >= 4 is 15.9 Å². The molecule has 0 bridgehead atoms. The Labute approximate surface area is 195 Å². The Hall–Kier alpha value is -2.70. The molecule has 1 heterocycles. The zero-order valence-corrected chi connectivity index (χ0v) is 19.9. The fraction of sp³-hybridized carbons (Fsp3) is 0.370. The minimum absolute atomic E-state index is 0.0777. The van der Waals surface area contributed by atoms with Crippen molar-refractivity contribution < 1.29 is 13.5 Å². The average molecular weight is 463 g/mol. The molecule has 3 aromatic rings. The van der Waals surface area contributed by atoms with Crippen LogP contribution in [0, 0.1) is 18.3 Å². The normalized spacial score (nSPS) is 23.0. The van der Waals surface area contributed by atoms with Gasteiger partial charge in [0.1, 0.15) is 0 Å². The molecule has 0 saturated heterocycles. The number of aliphatic hydroxyl groups is 1. The first-order valence-electron chi connectivity index (χ1n) is 11.6. The van der Waals surface area contributed by atoms with Crippen LogP contribution in [0.3, 0.4) is 0 Å². The fourth-order valence-corrected chi connectivity index (χ4v) is 6.98. The van der Waals surface area contributed by atoms with Crippen molar-refractivity contribution in [2.45, 2.75) is 50.5 Å². The van der Waals surface area contributed by atoms with Gasteiger partial charge in [-0.1, -0.05) is 48.4 Å². The van der Waals surface area contributed by atoms with E-state index in [2.05, 4.69) is 49.3 Å². The van der Waals surface area contributed by atoms with E-state index in [9.17, 15) is 13.5 Å². The van der Waals surface area contributed by atoms with Crippen molar-refractivity contribution in [1.82, 2.24) is 9.78 Å². The van der Waals surface area contributed by atoms with E-state index in [1.807, 2.05) is 10.9 Å². The maximum atomic E-state index is 12.7. The van der Waals surface area contributed by atoms with Gasteiger partial charge in [0.25, 0.3) is 0 Å². The molecular formula is C27H30N2O3S. The number of aliphatic hydroxyl groups excluding tert-OH is 1. The van der Waals surface area contributed by atoms with Crippen LogP contribution in [0.1, 0.15) is 43.0 Å². The van der Waals surface area contributed by atoms with Crippen LogP contribution in [0.2, 0.25) is 0 Å². The van der Waals surface area contributed by atoms with Crippen molar-refractivity contribution in [3.05, 3.63) is 83.2 Å². The predicted octanol–water partition coefficient (Wildman–Crippen LogP) is 4.76. The first kappa shape index (κ1) is 22.1. The van der Waals surface area contributed by atoms with Gasteiger partial charge in [-0.25, -0.2) is 13.1 Å². The minimum Gasteiger partial charge on any atom is -0.392 e. The molecule has 0 amide bonds. The Kier molecular flexibility index (Phi) is 5.53. The summed E-state index contributed by atoms with van der Waals surface area (Å²) in [5, 5.41) is 15.4. The van der Waals surface area contributed by atoms with E-state index in [0.717, 1.165) is 30.6 Å². The van der Waals surface area contributed by atoms with Crippen LogP contribution in [0.25, 0.3) is 11.8 Å². The highest BCUT2D eigenvalue weighted by molar-refractivity contribution is 7.91. The molecule has 0 unspecified atom stereocenters. The Morgan fingerprint density at radius 3 is 2.61 bits per heavy atom. The molecule has 0 spiro atoms. The van der Waals surface area contributed by atoms with Gasteiger partial charge >= 0.3 is 0 Å². The van der Waals surface area contributed by atoms with Crippen molar-refractivity contribution in [2.75, 3.05) is 5.75 Å². The van der Waals surface area contributed by atoms with Gasteiger partial charge in [0, 0.05) is 0 Å². The Balaban J connectivity index is 1.34. The van der Waals surface area contributed by atoms with E-state index in [1.54, 1.807) is 30.3 Å². The second-order valence-corrected chi connectivity index (χ2v) is 11.8. The van der Waals surface area contributed by atoms with E-state index in [1.165, 1.54) is 16.7 Å². The third kappa shape index (κ3) is 4.06. The molecule has 1 aromatic heterocycles. The lowest BCUT2D eigenvalue weighted by Gasteiger charge is -2.36. The minimum atomic E-state index is -3.51. The summed E-state index contributed by atoms with van der Waals surface area (Å²) < 4.78 is 27.4. The maximum absolute atomic E-state index is 12.7. The zero-order chi connectivity index (χ0) is 23.2. The third-order valence-electron chi connectivity index (χ3n) is 7.50. The summed E-state index contributed by atoms with van der Waals surface area (Å²) in [4.78, 5) is 0.271. The van der Waals surface area contributed by atoms with Gasteiger partial charge in [-0.3, -0.25) is 0 Å². The van der Waals surface area contributed by atoms with Crippen LogP contribution in [0.5, 0.6) is 0 Å². The fourth-order valence-electron chi connectivity index (χ4n) is 5.58. The Morgan fingerprint density at radius 1 is 1.15 bits per heavy atom. The number of benzene rings is 2. The second-order valence-electron chi connectivity index (χ2n) is 9.79. The van der Waals surface area contributed by atoms with Gasteiger partial charge < -0.3 is 5.11 Å². The molecular weight excluding hydrogens is 432 g/mol. The lowest BCUT2D eigenvalue weighted by molar-refractivity contribution is 0.128. The summed E-state index contributed by atoms with van der Waals surface area (Å²) in [6, 6.07) is 16.8. The molecule has 1 fully saturated rings. The van der Waals surface area contributed by atoms with Crippen LogP contribution in [0.15, 0.2) is 71.3 Å². The van der Waals surface area contributed by atoms with Gasteiger partial charge in [-0.2, -0.15) is 5.10 Å². The van der Waals surface area contributed by atoms with Crippen molar-refractivity contribution in [3.8, 4) is 5.69 Å². The van der Waals surface area contributed by atoms with E-state index in [-0.39, 0.29) is 22.0 Å². The number of sulfone groups is 1. The van der Waals surface area contributed by atoms with Crippen LogP contribution >= 0.6 is 0 Å². The van der Waals surface area contributed by atoms with Gasteiger partial charge in [0.2, 0.25) is 0 Å². The molecule has 33 heavy (non-hydrogen) atoms. The van der Waals surface area contributed by atoms with E-state index in [4.69, 9.17) is 0 Å². The quantitative estimate of drug-likeness (QED) is 0.573. The lowest BCUT2D eigenvalue weighted by atomic mass is 9.68. The highest BCUT2D eigenvalue weighted by Crippen LogP contribution is 2.54. The van der Waals surface area contributed by atoms with Crippen LogP contribution in [0.4, 0.5) is 0 Å². The summed E-state index contributed by atoms with van der Waals surface area (Å²) in [5.41, 5.74) is 5.92. The van der Waals surface area contributed by atoms with Crippen molar-refractivity contribution in [1.29, 1.82) is 0 Å². The molecule has 1 saturated carbocycles. The van der Waals surface area contributed by atoms with Gasteiger partial charge in [0.05, 0.1) is 34.3 Å². The molecule has 3 atom stereocenters. The summed E-state index contributed by atoms with van der Waals surface area (Å²) in [5.74, 6) is -0.000193. The van der Waals surface area contributed by atoms with Crippen LogP contribution in [-0.4, -0.2) is 35.2 Å². The molecule has 1 N–H and O–H groups in total. The molecule has 2 aliphatic rings. The molecule has 6 heteroatoms. The second kappa shape index (κ2) is 8.26. The molecule has 5 rings (SSSR count). The van der Waals surface area contributed by atoms with Crippen molar-refractivity contribution in [3.63, 3.8) is 0 Å². The predicted molar refractivity (Wildman–Crippen MR) is 130 cm³/mol. The smallest absolute Gasteiger partial charge is 0.180 e. The first-order valence-corrected chi connectivity index (χ1v) is 13.2. The molecule has 172 valence electrons. The SMILES string of the molecule is Cc1ccc(-n2ncc3c2C=C2CC[C@H](C[C@@H](O)CS(=O)(=O)c4ccccc4)[C@@]2(C)C3)cc1. The largest absolute Gasteiger partial charge is 0.392 e. The number of aromatic nitrogens is 2. The number of allylic oxidation sites excluding steroid dienone is 1. The first-order chi connectivity index (χ1) is 15.8. The Morgan fingerprint density at radius 2 is 1.88 bits per heavy atom. The van der Waals surface area contributed by atoms with Gasteiger partial charge in [0.15, 0.2) is 9.84 Å². The molecule has 0 aliphatic heterocycles. The van der Waals surface area contributed by atoms with Gasteiger partial charge in [-0.05, 0) is 79.8 Å². The number of fused-ring (bicyclic) bond motifs is 2. The molecule has 0 radical (unpaired) electrons. The topological polar surface area (TPSA) is 72.2 Å². The monoisotopic (exact) mass is 462 g/mol. The molecule has 2 aliphatic carbocycles. The standard InChI is InChI=1S/C27H30N2O3S/c1-19-8-12-23(13-9-19)29-26-15-22-11-10-21(27(22,2)16-20(26)17-28-29)14-24(30)18-33(31,32)25-6-4-3-5-7-25/h3-9,12-13,15,17,21,24,30H,10-11,14,16,18H2,1-2H3/t21-,24-,27-/m1/s1. The number of rotatable bonds is 6. The highest BCUT2D eigenvalue weighted by atomic mass is 32.2. The summed E-state index contributed by atoms with van der Waals surface area (Å²) in [6.07, 6.45) is 6.64. The van der Waals surface area contributed by atoms with Crippen LogP contribution in [-0.2, 0) is 16.3 Å². The summed E-state index contributed by atoms with van der Waals surface area (Å²) >= 11 is 0.